The van der Waals surface area contributed by atoms with Crippen molar-refractivity contribution in [2.45, 2.75) is 52.4 Å². The van der Waals surface area contributed by atoms with Crippen LogP contribution in [-0.2, 0) is 16.0 Å². The molecule has 5 nitrogen and oxygen atoms in total. The summed E-state index contributed by atoms with van der Waals surface area (Å²) in [5.41, 5.74) is 3.29. The molecule has 2 heterocycles. The molecule has 3 rings (SSSR count). The van der Waals surface area contributed by atoms with Gasteiger partial charge in [0.25, 0.3) is 0 Å². The Kier molecular flexibility index (Phi) is 7.20. The molecule has 1 unspecified atom stereocenters. The number of unbranched alkanes of at least 4 members (excludes halogenated alkanes) is 1. The highest BCUT2D eigenvalue weighted by atomic mass is 32.1. The topological polar surface area (TPSA) is 62.3 Å². The number of carbonyl (C=O) groups is 2. The number of thiazole rings is 1. The Morgan fingerprint density at radius 2 is 2.04 bits per heavy atom. The monoisotopic (exact) mass is 399 g/mol. The van der Waals surface area contributed by atoms with Crippen molar-refractivity contribution in [3.8, 4) is 11.3 Å². The first-order valence-corrected chi connectivity index (χ1v) is 11.1. The summed E-state index contributed by atoms with van der Waals surface area (Å²) in [7, 11) is 0. The second-order valence-electron chi connectivity index (χ2n) is 7.36. The van der Waals surface area contributed by atoms with Gasteiger partial charge in [0.1, 0.15) is 0 Å². The number of nitrogens with one attached hydrogen (secondary N) is 1. The maximum atomic E-state index is 12.6. The summed E-state index contributed by atoms with van der Waals surface area (Å²) in [6.07, 6.45) is 5.68. The lowest BCUT2D eigenvalue weighted by atomic mass is 9.97. The van der Waals surface area contributed by atoms with Crippen LogP contribution in [0.3, 0.4) is 0 Å². The Morgan fingerprint density at radius 1 is 1.25 bits per heavy atom. The molecule has 1 aliphatic rings. The van der Waals surface area contributed by atoms with Gasteiger partial charge in [0.15, 0.2) is 5.13 Å². The summed E-state index contributed by atoms with van der Waals surface area (Å²) in [4.78, 5) is 30.9. The van der Waals surface area contributed by atoms with E-state index in [2.05, 4.69) is 41.5 Å². The predicted octanol–water partition coefficient (Wildman–Crippen LogP) is 4.74. The molecule has 0 radical (unpaired) electrons. The molecule has 0 saturated carbocycles. The summed E-state index contributed by atoms with van der Waals surface area (Å²) < 4.78 is 0. The van der Waals surface area contributed by atoms with Gasteiger partial charge in [-0.15, -0.1) is 11.3 Å². The van der Waals surface area contributed by atoms with Crippen LogP contribution < -0.4 is 5.32 Å². The van der Waals surface area contributed by atoms with E-state index in [0.717, 1.165) is 37.1 Å². The molecule has 150 valence electrons. The van der Waals surface area contributed by atoms with Gasteiger partial charge < -0.3 is 10.2 Å². The number of benzene rings is 1. The van der Waals surface area contributed by atoms with Gasteiger partial charge in [-0.2, -0.15) is 0 Å². The lowest BCUT2D eigenvalue weighted by molar-refractivity contribution is -0.134. The van der Waals surface area contributed by atoms with Crippen molar-refractivity contribution in [3.05, 3.63) is 35.2 Å². The van der Waals surface area contributed by atoms with Crippen LogP contribution in [-0.4, -0.2) is 34.8 Å². The summed E-state index contributed by atoms with van der Waals surface area (Å²) >= 11 is 1.44. The largest absolute Gasteiger partial charge is 0.342 e. The average Bonchev–Trinajstić information content (AvgIpc) is 3.20. The number of hydrogen-bond donors (Lipinski definition) is 1. The zero-order valence-electron chi connectivity index (χ0n) is 16.7. The minimum atomic E-state index is -0.158. The number of carbonyl (C=O) groups excluding carboxylic acids is 2. The van der Waals surface area contributed by atoms with E-state index in [-0.39, 0.29) is 17.7 Å². The smallest absolute Gasteiger partial charge is 0.231 e. The summed E-state index contributed by atoms with van der Waals surface area (Å²) in [6.45, 7) is 5.33. The van der Waals surface area contributed by atoms with Crippen molar-refractivity contribution in [1.29, 1.82) is 0 Å². The van der Waals surface area contributed by atoms with E-state index in [9.17, 15) is 9.59 Å². The van der Waals surface area contributed by atoms with Crippen molar-refractivity contribution >= 4 is 28.3 Å². The lowest BCUT2D eigenvalue weighted by Gasteiger charge is -2.31. The fourth-order valence-corrected chi connectivity index (χ4v) is 4.26. The zero-order valence-corrected chi connectivity index (χ0v) is 17.6. The van der Waals surface area contributed by atoms with Gasteiger partial charge in [-0.1, -0.05) is 44.5 Å². The van der Waals surface area contributed by atoms with Crippen molar-refractivity contribution < 1.29 is 9.59 Å². The standard InChI is InChI=1S/C22H29N3O2S/c1-3-5-7-16-9-11-17(12-10-16)19-15-28-22(23-19)24-21(27)18-8-6-13-25(14-18)20(26)4-2/h9-12,15,18H,3-8,13-14H2,1-2H3,(H,23,24,27). The van der Waals surface area contributed by atoms with Crippen LogP contribution in [0.1, 0.15) is 51.5 Å². The summed E-state index contributed by atoms with van der Waals surface area (Å²) in [5, 5.41) is 5.55. The molecule has 1 aliphatic heterocycles. The quantitative estimate of drug-likeness (QED) is 0.731. The number of anilines is 1. The fraction of sp³-hybridized carbons (Fsp3) is 0.500. The lowest BCUT2D eigenvalue weighted by Crippen LogP contribution is -2.43. The SMILES string of the molecule is CCCCc1ccc(-c2csc(NC(=O)C3CCCN(C(=O)CC)C3)n2)cc1. The van der Waals surface area contributed by atoms with Gasteiger partial charge in [-0.25, -0.2) is 4.98 Å². The molecule has 1 aromatic carbocycles. The van der Waals surface area contributed by atoms with E-state index in [1.807, 2.05) is 12.3 Å². The van der Waals surface area contributed by atoms with E-state index in [0.29, 0.717) is 18.1 Å². The number of piperidine rings is 1. The second kappa shape index (κ2) is 9.82. The maximum Gasteiger partial charge on any atom is 0.231 e. The highest BCUT2D eigenvalue weighted by Crippen LogP contribution is 2.27. The van der Waals surface area contributed by atoms with E-state index < -0.39 is 0 Å². The Labute approximate surface area is 171 Å². The number of hydrogen-bond acceptors (Lipinski definition) is 4. The fourth-order valence-electron chi connectivity index (χ4n) is 3.54. The van der Waals surface area contributed by atoms with Crippen LogP contribution in [0.2, 0.25) is 0 Å². The first-order valence-electron chi connectivity index (χ1n) is 10.2. The van der Waals surface area contributed by atoms with E-state index >= 15 is 0 Å². The van der Waals surface area contributed by atoms with Crippen molar-refractivity contribution in [2.24, 2.45) is 5.92 Å². The molecule has 0 bridgehead atoms. The summed E-state index contributed by atoms with van der Waals surface area (Å²) in [5.74, 6) is -0.0738. The molecule has 0 aliphatic carbocycles. The van der Waals surface area contributed by atoms with Crippen molar-refractivity contribution in [2.75, 3.05) is 18.4 Å². The van der Waals surface area contributed by atoms with Gasteiger partial charge in [0.05, 0.1) is 11.6 Å². The predicted molar refractivity (Wildman–Crippen MR) is 114 cm³/mol. The van der Waals surface area contributed by atoms with Crippen molar-refractivity contribution in [3.63, 3.8) is 0 Å². The third-order valence-corrected chi connectivity index (χ3v) is 6.01. The molecule has 2 amide bonds. The molecule has 28 heavy (non-hydrogen) atoms. The minimum absolute atomic E-state index is 0.0376. The normalized spacial score (nSPS) is 16.8. The molecule has 1 fully saturated rings. The number of aromatic nitrogens is 1. The van der Waals surface area contributed by atoms with Gasteiger partial charge in [0.2, 0.25) is 11.8 Å². The number of amides is 2. The molecule has 6 heteroatoms. The molecule has 1 saturated heterocycles. The van der Waals surface area contributed by atoms with E-state index in [1.54, 1.807) is 4.90 Å². The van der Waals surface area contributed by atoms with Crippen molar-refractivity contribution in [1.82, 2.24) is 9.88 Å². The van der Waals surface area contributed by atoms with Crippen LogP contribution in [0.25, 0.3) is 11.3 Å². The average molecular weight is 400 g/mol. The van der Waals surface area contributed by atoms with Crippen LogP contribution in [0.5, 0.6) is 0 Å². The Bertz CT molecular complexity index is 800. The molecular formula is C22H29N3O2S. The molecular weight excluding hydrogens is 370 g/mol. The third-order valence-electron chi connectivity index (χ3n) is 5.25. The number of rotatable bonds is 7. The molecule has 1 atom stereocenters. The molecule has 1 N–H and O–H groups in total. The third kappa shape index (κ3) is 5.19. The van der Waals surface area contributed by atoms with Crippen LogP contribution >= 0.6 is 11.3 Å². The van der Waals surface area contributed by atoms with E-state index in [1.165, 1.54) is 29.7 Å². The Balaban J connectivity index is 1.59. The van der Waals surface area contributed by atoms with Gasteiger partial charge in [-0.05, 0) is 31.2 Å². The van der Waals surface area contributed by atoms with Gasteiger partial charge in [0, 0.05) is 30.5 Å². The number of likely N-dealkylation sites (tertiary alicyclic amines) is 1. The summed E-state index contributed by atoms with van der Waals surface area (Å²) in [6, 6.07) is 8.51. The number of aryl methyl sites for hydroxylation is 1. The van der Waals surface area contributed by atoms with Crippen LogP contribution in [0, 0.1) is 5.92 Å². The number of nitrogens with zero attached hydrogens (tertiary/aromatic N) is 2. The van der Waals surface area contributed by atoms with Gasteiger partial charge >= 0.3 is 0 Å². The Morgan fingerprint density at radius 3 is 2.75 bits per heavy atom. The van der Waals surface area contributed by atoms with Crippen LogP contribution in [0.15, 0.2) is 29.6 Å². The van der Waals surface area contributed by atoms with E-state index in [4.69, 9.17) is 0 Å². The first-order chi connectivity index (χ1) is 13.6. The first kappa shape index (κ1) is 20.5. The second-order valence-corrected chi connectivity index (χ2v) is 8.22. The Hall–Kier alpha value is -2.21. The molecule has 1 aromatic heterocycles. The molecule has 2 aromatic rings. The highest BCUT2D eigenvalue weighted by Gasteiger charge is 2.28. The van der Waals surface area contributed by atoms with Gasteiger partial charge in [-0.3, -0.25) is 9.59 Å². The van der Waals surface area contributed by atoms with Crippen LogP contribution in [0.4, 0.5) is 5.13 Å². The minimum Gasteiger partial charge on any atom is -0.342 e. The highest BCUT2D eigenvalue weighted by molar-refractivity contribution is 7.14. The maximum absolute atomic E-state index is 12.6. The zero-order chi connectivity index (χ0) is 19.9. The molecule has 0 spiro atoms.